The van der Waals surface area contributed by atoms with E-state index in [1.807, 2.05) is 6.92 Å². The molecule has 1 atom stereocenters. The van der Waals surface area contributed by atoms with Crippen molar-refractivity contribution in [2.24, 2.45) is 5.11 Å². The second-order valence-electron chi connectivity index (χ2n) is 4.42. The lowest BCUT2D eigenvalue weighted by Gasteiger charge is -2.22. The number of azide groups is 1. The molecule has 0 bridgehead atoms. The van der Waals surface area contributed by atoms with Gasteiger partial charge in [-0.1, -0.05) is 5.11 Å². The summed E-state index contributed by atoms with van der Waals surface area (Å²) < 4.78 is 10.3. The molecular weight excluding hydrogens is 224 g/mol. The molecule has 0 fully saturated rings. The molecular formula is C10H20N4O3. The van der Waals surface area contributed by atoms with Gasteiger partial charge >= 0.3 is 6.09 Å². The van der Waals surface area contributed by atoms with Gasteiger partial charge in [0.25, 0.3) is 0 Å². The number of hydrogen-bond donors (Lipinski definition) is 1. The minimum Gasteiger partial charge on any atom is -0.444 e. The van der Waals surface area contributed by atoms with Gasteiger partial charge in [0.15, 0.2) is 0 Å². The average molecular weight is 244 g/mol. The number of nitrogens with zero attached hydrogens (tertiary/aromatic N) is 3. The van der Waals surface area contributed by atoms with Crippen molar-refractivity contribution in [1.82, 2.24) is 5.32 Å². The Hall–Kier alpha value is -1.46. The van der Waals surface area contributed by atoms with Crippen LogP contribution in [0, 0.1) is 0 Å². The predicted molar refractivity (Wildman–Crippen MR) is 63.7 cm³/mol. The van der Waals surface area contributed by atoms with Gasteiger partial charge in [0.05, 0.1) is 12.6 Å². The summed E-state index contributed by atoms with van der Waals surface area (Å²) in [6, 6.07) is -0.374. The molecule has 0 saturated carbocycles. The number of nitrogens with one attached hydrogen (secondary N) is 1. The zero-order valence-electron chi connectivity index (χ0n) is 10.8. The second kappa shape index (κ2) is 7.76. The van der Waals surface area contributed by atoms with Crippen LogP contribution < -0.4 is 5.32 Å². The van der Waals surface area contributed by atoms with Gasteiger partial charge in [-0.3, -0.25) is 0 Å². The normalized spacial score (nSPS) is 12.5. The Labute approximate surface area is 101 Å². The van der Waals surface area contributed by atoms with Gasteiger partial charge in [0, 0.05) is 18.1 Å². The van der Waals surface area contributed by atoms with E-state index in [2.05, 4.69) is 15.3 Å². The van der Waals surface area contributed by atoms with Crippen molar-refractivity contribution in [2.45, 2.75) is 39.3 Å². The maximum absolute atomic E-state index is 11.5. The van der Waals surface area contributed by atoms with E-state index in [4.69, 9.17) is 15.0 Å². The highest BCUT2D eigenvalue weighted by Gasteiger charge is 2.19. The molecule has 98 valence electrons. The summed E-state index contributed by atoms with van der Waals surface area (Å²) in [5, 5.41) is 6.00. The van der Waals surface area contributed by atoms with Crippen LogP contribution in [0.3, 0.4) is 0 Å². The lowest BCUT2D eigenvalue weighted by Crippen LogP contribution is -2.43. The van der Waals surface area contributed by atoms with Gasteiger partial charge in [0.2, 0.25) is 0 Å². The first-order chi connectivity index (χ1) is 7.89. The molecule has 0 aromatic heterocycles. The Bertz CT molecular complexity index is 282. The summed E-state index contributed by atoms with van der Waals surface area (Å²) in [4.78, 5) is 14.1. The Balaban J connectivity index is 4.21. The monoisotopic (exact) mass is 244 g/mol. The third-order valence-electron chi connectivity index (χ3n) is 1.61. The number of amides is 1. The van der Waals surface area contributed by atoms with Gasteiger partial charge in [-0.2, -0.15) is 0 Å². The van der Waals surface area contributed by atoms with Crippen LogP contribution in [0.15, 0.2) is 5.11 Å². The van der Waals surface area contributed by atoms with Crippen molar-refractivity contribution in [2.75, 3.05) is 19.8 Å². The smallest absolute Gasteiger partial charge is 0.407 e. The molecule has 0 unspecified atom stereocenters. The van der Waals surface area contributed by atoms with Gasteiger partial charge in [-0.15, -0.1) is 0 Å². The first-order valence-corrected chi connectivity index (χ1v) is 5.47. The summed E-state index contributed by atoms with van der Waals surface area (Å²) in [6.45, 7) is 8.12. The van der Waals surface area contributed by atoms with E-state index >= 15 is 0 Å². The van der Waals surface area contributed by atoms with E-state index in [1.165, 1.54) is 0 Å². The van der Waals surface area contributed by atoms with E-state index in [9.17, 15) is 4.79 Å². The van der Waals surface area contributed by atoms with Crippen molar-refractivity contribution < 1.29 is 14.3 Å². The van der Waals surface area contributed by atoms with E-state index in [1.54, 1.807) is 20.8 Å². The molecule has 0 aromatic rings. The number of carbonyl (C=O) groups is 1. The van der Waals surface area contributed by atoms with Crippen LogP contribution >= 0.6 is 0 Å². The largest absolute Gasteiger partial charge is 0.444 e. The van der Waals surface area contributed by atoms with Crippen LogP contribution in [-0.4, -0.2) is 37.5 Å². The third kappa shape index (κ3) is 9.47. The fourth-order valence-electron chi connectivity index (χ4n) is 1.01. The fourth-order valence-corrected chi connectivity index (χ4v) is 1.01. The van der Waals surface area contributed by atoms with Crippen molar-refractivity contribution in [3.63, 3.8) is 0 Å². The van der Waals surface area contributed by atoms with Crippen LogP contribution in [0.25, 0.3) is 10.4 Å². The standard InChI is InChI=1S/C10H20N4O3/c1-5-16-7-8(6-12-14-11)13-9(15)17-10(2,3)4/h8H,5-7H2,1-4H3,(H,13,15)/t8-/m1/s1. The molecule has 0 heterocycles. The van der Waals surface area contributed by atoms with E-state index < -0.39 is 11.7 Å². The van der Waals surface area contributed by atoms with Crippen LogP contribution in [0.4, 0.5) is 4.79 Å². The zero-order valence-corrected chi connectivity index (χ0v) is 10.8. The summed E-state index contributed by atoms with van der Waals surface area (Å²) in [5.74, 6) is 0. The van der Waals surface area contributed by atoms with Crippen LogP contribution in [0.1, 0.15) is 27.7 Å². The van der Waals surface area contributed by atoms with Crippen molar-refractivity contribution in [1.29, 1.82) is 0 Å². The summed E-state index contributed by atoms with van der Waals surface area (Å²) >= 11 is 0. The second-order valence-corrected chi connectivity index (χ2v) is 4.42. The van der Waals surface area contributed by atoms with Crippen LogP contribution in [-0.2, 0) is 9.47 Å². The maximum Gasteiger partial charge on any atom is 0.407 e. The van der Waals surface area contributed by atoms with Crippen LogP contribution in [0.5, 0.6) is 0 Å². The quantitative estimate of drug-likeness (QED) is 0.440. The molecule has 0 rings (SSSR count). The minimum absolute atomic E-state index is 0.135. The van der Waals surface area contributed by atoms with E-state index in [0.717, 1.165) is 0 Å². The highest BCUT2D eigenvalue weighted by molar-refractivity contribution is 5.68. The highest BCUT2D eigenvalue weighted by atomic mass is 16.6. The van der Waals surface area contributed by atoms with Crippen LogP contribution in [0.2, 0.25) is 0 Å². The average Bonchev–Trinajstić information content (AvgIpc) is 2.19. The topological polar surface area (TPSA) is 96.3 Å². The van der Waals surface area contributed by atoms with Crippen molar-refractivity contribution in [3.05, 3.63) is 10.4 Å². The predicted octanol–water partition coefficient (Wildman–Crippen LogP) is 2.23. The number of ether oxygens (including phenoxy) is 2. The van der Waals surface area contributed by atoms with Crippen molar-refractivity contribution >= 4 is 6.09 Å². The molecule has 0 aliphatic heterocycles. The molecule has 0 aliphatic carbocycles. The molecule has 1 N–H and O–H groups in total. The number of alkyl carbamates (subject to hydrolysis) is 1. The number of carbonyl (C=O) groups excluding carboxylic acids is 1. The van der Waals surface area contributed by atoms with E-state index in [0.29, 0.717) is 6.61 Å². The summed E-state index contributed by atoms with van der Waals surface area (Å²) in [7, 11) is 0. The fraction of sp³-hybridized carbons (Fsp3) is 0.900. The number of hydrogen-bond acceptors (Lipinski definition) is 4. The van der Waals surface area contributed by atoms with Gasteiger partial charge < -0.3 is 14.8 Å². The van der Waals surface area contributed by atoms with Gasteiger partial charge in [0.1, 0.15) is 5.60 Å². The zero-order chi connectivity index (χ0) is 13.3. The van der Waals surface area contributed by atoms with Gasteiger partial charge in [-0.05, 0) is 33.2 Å². The van der Waals surface area contributed by atoms with Crippen molar-refractivity contribution in [3.8, 4) is 0 Å². The molecule has 0 aromatic carbocycles. The van der Waals surface area contributed by atoms with E-state index in [-0.39, 0.29) is 19.2 Å². The minimum atomic E-state index is -0.557. The highest BCUT2D eigenvalue weighted by Crippen LogP contribution is 2.06. The Morgan fingerprint density at radius 2 is 2.18 bits per heavy atom. The van der Waals surface area contributed by atoms with Gasteiger partial charge in [-0.25, -0.2) is 4.79 Å². The SMILES string of the molecule is CCOC[C@@H](CN=[N+]=[N-])NC(=O)OC(C)(C)C. The molecule has 0 spiro atoms. The summed E-state index contributed by atoms with van der Waals surface area (Å²) in [5.41, 5.74) is 7.68. The first kappa shape index (κ1) is 15.5. The Morgan fingerprint density at radius 3 is 2.65 bits per heavy atom. The Morgan fingerprint density at radius 1 is 1.53 bits per heavy atom. The maximum atomic E-state index is 11.5. The first-order valence-electron chi connectivity index (χ1n) is 5.47. The lowest BCUT2D eigenvalue weighted by atomic mass is 10.2. The molecule has 17 heavy (non-hydrogen) atoms. The summed E-state index contributed by atoms with van der Waals surface area (Å²) in [6.07, 6.45) is -0.546. The molecule has 1 amide bonds. The Kier molecular flexibility index (Phi) is 7.09. The lowest BCUT2D eigenvalue weighted by molar-refractivity contribution is 0.0454. The molecule has 0 aliphatic rings. The molecule has 0 saturated heterocycles. The molecule has 7 nitrogen and oxygen atoms in total. The molecule has 7 heteroatoms. The number of rotatable bonds is 6. The third-order valence-corrected chi connectivity index (χ3v) is 1.61. The molecule has 0 radical (unpaired) electrons.